The highest BCUT2D eigenvalue weighted by Crippen LogP contribution is 2.35. The predicted molar refractivity (Wildman–Crippen MR) is 139 cm³/mol. The smallest absolute Gasteiger partial charge is 0.404 e. The van der Waals surface area contributed by atoms with Crippen molar-refractivity contribution in [1.82, 2.24) is 15.2 Å². The van der Waals surface area contributed by atoms with E-state index in [-0.39, 0.29) is 24.3 Å². The molecule has 0 saturated carbocycles. The van der Waals surface area contributed by atoms with Crippen LogP contribution in [0.5, 0.6) is 0 Å². The average molecular weight is 495 g/mol. The number of hydrogen-bond donors (Lipinski definition) is 3. The van der Waals surface area contributed by atoms with Crippen molar-refractivity contribution in [2.45, 2.75) is 79.3 Å². The number of nitrogens with two attached hydrogens (primary N) is 1. The van der Waals surface area contributed by atoms with Crippen LogP contribution in [-0.2, 0) is 35.4 Å². The standard InChI is InChI=1S/C28H38N4O4/c1-6-21-19(14-24(33)32-13-7-8-23(32)26(29)34)25(18-11-9-17(2)10-12-18)20(16-30-27(35)36)22(31-21)15-28(3,4)5/h9-12,23,30H,6-8,13-16H2,1-5H3,(H2,29,34)(H,35,36)/t23-/m0/s1. The van der Waals surface area contributed by atoms with Gasteiger partial charge >= 0.3 is 6.09 Å². The summed E-state index contributed by atoms with van der Waals surface area (Å²) in [6, 6.07) is 7.44. The van der Waals surface area contributed by atoms with Gasteiger partial charge in [-0.15, -0.1) is 0 Å². The quantitative estimate of drug-likeness (QED) is 0.512. The third kappa shape index (κ3) is 6.42. The van der Waals surface area contributed by atoms with Crippen molar-refractivity contribution >= 4 is 17.9 Å². The SMILES string of the molecule is CCc1nc(CC(C)(C)C)c(CNC(=O)O)c(-c2ccc(C)cc2)c1CC(=O)N1CCC[C@H]1C(N)=O. The summed E-state index contributed by atoms with van der Waals surface area (Å²) in [6.07, 6.45) is 1.53. The molecule has 36 heavy (non-hydrogen) atoms. The Morgan fingerprint density at radius 2 is 1.81 bits per heavy atom. The number of nitrogens with zero attached hydrogens (tertiary/aromatic N) is 2. The number of hydrogen-bond acceptors (Lipinski definition) is 4. The Balaban J connectivity index is 2.23. The van der Waals surface area contributed by atoms with Crippen LogP contribution in [0.2, 0.25) is 0 Å². The summed E-state index contributed by atoms with van der Waals surface area (Å²) in [6.45, 7) is 11.0. The topological polar surface area (TPSA) is 126 Å². The van der Waals surface area contributed by atoms with Crippen LogP contribution in [-0.4, -0.2) is 45.5 Å². The lowest BCUT2D eigenvalue weighted by molar-refractivity contribution is -0.136. The van der Waals surface area contributed by atoms with E-state index in [1.165, 1.54) is 0 Å². The lowest BCUT2D eigenvalue weighted by Crippen LogP contribution is -2.44. The molecule has 0 spiro atoms. The van der Waals surface area contributed by atoms with Crippen LogP contribution < -0.4 is 11.1 Å². The molecular weight excluding hydrogens is 456 g/mol. The Labute approximate surface area is 213 Å². The summed E-state index contributed by atoms with van der Waals surface area (Å²) >= 11 is 0. The molecule has 8 heteroatoms. The second-order valence-electron chi connectivity index (χ2n) is 10.8. The third-order valence-electron chi connectivity index (χ3n) is 6.59. The van der Waals surface area contributed by atoms with Gasteiger partial charge in [-0.3, -0.25) is 14.6 Å². The molecule has 194 valence electrons. The van der Waals surface area contributed by atoms with Gasteiger partial charge in [0.15, 0.2) is 0 Å². The first-order valence-corrected chi connectivity index (χ1v) is 12.6. The van der Waals surface area contributed by atoms with Crippen LogP contribution >= 0.6 is 0 Å². The first-order chi connectivity index (χ1) is 16.9. The maximum absolute atomic E-state index is 13.5. The van der Waals surface area contributed by atoms with E-state index >= 15 is 0 Å². The van der Waals surface area contributed by atoms with Crippen molar-refractivity contribution in [1.29, 1.82) is 0 Å². The summed E-state index contributed by atoms with van der Waals surface area (Å²) in [5.41, 5.74) is 11.5. The highest BCUT2D eigenvalue weighted by Gasteiger charge is 2.34. The fourth-order valence-corrected chi connectivity index (χ4v) is 4.94. The predicted octanol–water partition coefficient (Wildman–Crippen LogP) is 3.99. The van der Waals surface area contributed by atoms with Crippen molar-refractivity contribution in [2.24, 2.45) is 11.1 Å². The number of aryl methyl sites for hydroxylation is 2. The van der Waals surface area contributed by atoms with Gasteiger partial charge < -0.3 is 21.1 Å². The number of amides is 3. The molecule has 0 radical (unpaired) electrons. The number of carbonyl (C=O) groups excluding carboxylic acids is 2. The summed E-state index contributed by atoms with van der Waals surface area (Å²) in [5, 5.41) is 11.9. The van der Waals surface area contributed by atoms with E-state index in [1.807, 2.05) is 38.1 Å². The largest absolute Gasteiger partial charge is 0.465 e. The first kappa shape index (κ1) is 27.2. The molecule has 1 aromatic heterocycles. The summed E-state index contributed by atoms with van der Waals surface area (Å²) in [4.78, 5) is 43.5. The van der Waals surface area contributed by atoms with Crippen molar-refractivity contribution in [3.8, 4) is 11.1 Å². The third-order valence-corrected chi connectivity index (χ3v) is 6.59. The molecule has 8 nitrogen and oxygen atoms in total. The van der Waals surface area contributed by atoms with Gasteiger partial charge in [-0.1, -0.05) is 57.5 Å². The number of carboxylic acid groups (broad SMARTS) is 1. The Morgan fingerprint density at radius 3 is 2.36 bits per heavy atom. The molecule has 1 saturated heterocycles. The number of likely N-dealkylation sites (tertiary alicyclic amines) is 1. The zero-order valence-corrected chi connectivity index (χ0v) is 22.0. The van der Waals surface area contributed by atoms with E-state index in [1.54, 1.807) is 4.90 Å². The van der Waals surface area contributed by atoms with Crippen LogP contribution in [0, 0.1) is 12.3 Å². The maximum Gasteiger partial charge on any atom is 0.404 e. The number of primary amides is 1. The number of pyridine rings is 1. The molecule has 4 N–H and O–H groups in total. The average Bonchev–Trinajstić information content (AvgIpc) is 3.29. The molecule has 0 bridgehead atoms. The minimum atomic E-state index is -1.12. The summed E-state index contributed by atoms with van der Waals surface area (Å²) in [5.74, 6) is -0.651. The van der Waals surface area contributed by atoms with Gasteiger partial charge in [0.2, 0.25) is 11.8 Å². The Bertz CT molecular complexity index is 1140. The summed E-state index contributed by atoms with van der Waals surface area (Å²) in [7, 11) is 0. The molecule has 0 unspecified atom stereocenters. The van der Waals surface area contributed by atoms with Crippen LogP contribution in [0.1, 0.15) is 68.6 Å². The number of rotatable bonds is 8. The van der Waals surface area contributed by atoms with Crippen LogP contribution in [0.3, 0.4) is 0 Å². The molecule has 1 fully saturated rings. The normalized spacial score (nSPS) is 15.7. The van der Waals surface area contributed by atoms with E-state index < -0.39 is 18.0 Å². The first-order valence-electron chi connectivity index (χ1n) is 12.6. The zero-order valence-electron chi connectivity index (χ0n) is 22.0. The van der Waals surface area contributed by atoms with Crippen molar-refractivity contribution in [2.75, 3.05) is 6.54 Å². The number of carbonyl (C=O) groups is 3. The molecule has 3 amide bonds. The number of benzene rings is 1. The van der Waals surface area contributed by atoms with Gasteiger partial charge in [0.05, 0.1) is 6.42 Å². The number of nitrogens with one attached hydrogen (secondary N) is 1. The van der Waals surface area contributed by atoms with Crippen molar-refractivity contribution < 1.29 is 19.5 Å². The summed E-state index contributed by atoms with van der Waals surface area (Å²) < 4.78 is 0. The fraction of sp³-hybridized carbons (Fsp3) is 0.500. The minimum absolute atomic E-state index is 0.0685. The van der Waals surface area contributed by atoms with Gasteiger partial charge in [0.25, 0.3) is 0 Å². The van der Waals surface area contributed by atoms with Crippen LogP contribution in [0.25, 0.3) is 11.1 Å². The second-order valence-corrected chi connectivity index (χ2v) is 10.8. The van der Waals surface area contributed by atoms with Crippen LogP contribution in [0.4, 0.5) is 4.79 Å². The fourth-order valence-electron chi connectivity index (χ4n) is 4.94. The molecule has 3 rings (SSSR count). The molecule has 0 aliphatic carbocycles. The van der Waals surface area contributed by atoms with Crippen molar-refractivity contribution in [3.05, 3.63) is 52.3 Å². The van der Waals surface area contributed by atoms with Gasteiger partial charge in [-0.2, -0.15) is 0 Å². The lowest BCUT2D eigenvalue weighted by atomic mass is 9.84. The zero-order chi connectivity index (χ0) is 26.6. The molecule has 1 aromatic carbocycles. The van der Waals surface area contributed by atoms with Gasteiger partial charge in [-0.05, 0) is 54.7 Å². The monoisotopic (exact) mass is 494 g/mol. The molecule has 1 aliphatic heterocycles. The number of aromatic nitrogens is 1. The molecular formula is C28H38N4O4. The Kier molecular flexibility index (Phi) is 8.38. The highest BCUT2D eigenvalue weighted by molar-refractivity contribution is 5.89. The van der Waals surface area contributed by atoms with E-state index in [2.05, 4.69) is 26.1 Å². The molecule has 2 aromatic rings. The lowest BCUT2D eigenvalue weighted by Gasteiger charge is -2.27. The van der Waals surface area contributed by atoms with Gasteiger partial charge in [0.1, 0.15) is 6.04 Å². The maximum atomic E-state index is 13.5. The molecule has 1 aliphatic rings. The Morgan fingerprint density at radius 1 is 1.14 bits per heavy atom. The minimum Gasteiger partial charge on any atom is -0.465 e. The van der Waals surface area contributed by atoms with E-state index in [0.717, 1.165) is 45.6 Å². The van der Waals surface area contributed by atoms with E-state index in [0.29, 0.717) is 25.8 Å². The van der Waals surface area contributed by atoms with E-state index in [9.17, 15) is 19.5 Å². The van der Waals surface area contributed by atoms with Crippen molar-refractivity contribution in [3.63, 3.8) is 0 Å². The van der Waals surface area contributed by atoms with Gasteiger partial charge in [0, 0.05) is 30.0 Å². The molecule has 2 heterocycles. The van der Waals surface area contributed by atoms with E-state index in [4.69, 9.17) is 10.7 Å². The van der Waals surface area contributed by atoms with Gasteiger partial charge in [-0.25, -0.2) is 4.79 Å². The second kappa shape index (κ2) is 11.1. The Hall–Kier alpha value is -3.42. The highest BCUT2D eigenvalue weighted by atomic mass is 16.4. The molecule has 1 atom stereocenters. The van der Waals surface area contributed by atoms with Crippen LogP contribution in [0.15, 0.2) is 24.3 Å².